The third-order valence-corrected chi connectivity index (χ3v) is 4.73. The van der Waals surface area contributed by atoms with E-state index in [0.29, 0.717) is 5.92 Å². The van der Waals surface area contributed by atoms with Crippen molar-refractivity contribution in [1.82, 2.24) is 9.78 Å². The van der Waals surface area contributed by atoms with Gasteiger partial charge in [-0.3, -0.25) is 4.68 Å². The zero-order valence-electron chi connectivity index (χ0n) is 10.3. The maximum Gasteiger partial charge on any atom is 0.0766 e. The summed E-state index contributed by atoms with van der Waals surface area (Å²) in [6, 6.07) is 0. The van der Waals surface area contributed by atoms with Crippen molar-refractivity contribution in [3.63, 3.8) is 0 Å². The van der Waals surface area contributed by atoms with Gasteiger partial charge in [0, 0.05) is 12.4 Å². The van der Waals surface area contributed by atoms with E-state index < -0.39 is 0 Å². The van der Waals surface area contributed by atoms with Crippen LogP contribution in [0.2, 0.25) is 0 Å². The van der Waals surface area contributed by atoms with Crippen molar-refractivity contribution in [2.45, 2.75) is 39.5 Å². The lowest BCUT2D eigenvalue weighted by Crippen LogP contribution is -2.10. The molecule has 1 aromatic rings. The molecule has 0 saturated heterocycles. The zero-order chi connectivity index (χ0) is 12.1. The van der Waals surface area contributed by atoms with Gasteiger partial charge in [-0.05, 0) is 41.1 Å². The maximum absolute atomic E-state index is 4.53. The standard InChI is InChI=1S/C12H20Br2N2/c1-4-6-9(8-13)7-11-12(14)10(5-2)15-16(11)3/h9H,4-8H2,1-3H3. The second kappa shape index (κ2) is 6.80. The van der Waals surface area contributed by atoms with E-state index in [1.807, 2.05) is 11.7 Å². The topological polar surface area (TPSA) is 17.8 Å². The summed E-state index contributed by atoms with van der Waals surface area (Å²) < 4.78 is 3.23. The molecule has 0 saturated carbocycles. The Hall–Kier alpha value is 0.170. The van der Waals surface area contributed by atoms with Crippen LogP contribution in [-0.2, 0) is 19.9 Å². The zero-order valence-corrected chi connectivity index (χ0v) is 13.4. The van der Waals surface area contributed by atoms with Crippen LogP contribution < -0.4 is 0 Å². The minimum atomic E-state index is 0.710. The van der Waals surface area contributed by atoms with E-state index in [4.69, 9.17) is 0 Å². The molecule has 16 heavy (non-hydrogen) atoms. The molecule has 1 unspecified atom stereocenters. The number of aryl methyl sites for hydroxylation is 2. The van der Waals surface area contributed by atoms with Gasteiger partial charge in [-0.15, -0.1) is 0 Å². The van der Waals surface area contributed by atoms with Gasteiger partial charge in [0.2, 0.25) is 0 Å². The molecule has 92 valence electrons. The molecule has 0 amide bonds. The summed E-state index contributed by atoms with van der Waals surface area (Å²) in [7, 11) is 2.04. The Balaban J connectivity index is 2.82. The van der Waals surface area contributed by atoms with Crippen molar-refractivity contribution in [3.8, 4) is 0 Å². The molecular weight excluding hydrogens is 332 g/mol. The fourth-order valence-electron chi connectivity index (χ4n) is 1.96. The highest BCUT2D eigenvalue weighted by Crippen LogP contribution is 2.26. The normalized spacial score (nSPS) is 13.1. The van der Waals surface area contributed by atoms with Crippen LogP contribution in [0, 0.1) is 5.92 Å². The Kier molecular flexibility index (Phi) is 6.05. The molecule has 4 heteroatoms. The second-order valence-corrected chi connectivity index (χ2v) is 5.64. The van der Waals surface area contributed by atoms with Gasteiger partial charge < -0.3 is 0 Å². The Morgan fingerprint density at radius 1 is 1.38 bits per heavy atom. The van der Waals surface area contributed by atoms with Crippen molar-refractivity contribution in [1.29, 1.82) is 0 Å². The van der Waals surface area contributed by atoms with Gasteiger partial charge in [0.05, 0.1) is 15.9 Å². The lowest BCUT2D eigenvalue weighted by atomic mass is 10.00. The molecule has 2 nitrogen and oxygen atoms in total. The molecule has 1 atom stereocenters. The van der Waals surface area contributed by atoms with Gasteiger partial charge in [0.15, 0.2) is 0 Å². The van der Waals surface area contributed by atoms with Crippen molar-refractivity contribution in [2.24, 2.45) is 13.0 Å². The molecule has 0 N–H and O–H groups in total. The fourth-order valence-corrected chi connectivity index (χ4v) is 3.29. The van der Waals surface area contributed by atoms with Crippen molar-refractivity contribution in [2.75, 3.05) is 5.33 Å². The predicted octanol–water partition coefficient (Wildman–Crippen LogP) is 4.10. The first-order valence-electron chi connectivity index (χ1n) is 5.90. The number of nitrogens with zero attached hydrogens (tertiary/aromatic N) is 2. The van der Waals surface area contributed by atoms with Crippen LogP contribution in [0.1, 0.15) is 38.1 Å². The van der Waals surface area contributed by atoms with E-state index in [1.54, 1.807) is 0 Å². The van der Waals surface area contributed by atoms with Crippen LogP contribution in [-0.4, -0.2) is 15.1 Å². The molecule has 0 aliphatic heterocycles. The predicted molar refractivity (Wildman–Crippen MR) is 76.2 cm³/mol. The second-order valence-electron chi connectivity index (χ2n) is 4.20. The van der Waals surface area contributed by atoms with Crippen molar-refractivity contribution < 1.29 is 0 Å². The average molecular weight is 352 g/mol. The first-order chi connectivity index (χ1) is 7.63. The number of alkyl halides is 1. The highest BCUT2D eigenvalue weighted by atomic mass is 79.9. The molecule has 0 aromatic carbocycles. The van der Waals surface area contributed by atoms with Crippen molar-refractivity contribution in [3.05, 3.63) is 15.9 Å². The van der Waals surface area contributed by atoms with Gasteiger partial charge in [0.25, 0.3) is 0 Å². The molecule has 0 fully saturated rings. The number of hydrogen-bond acceptors (Lipinski definition) is 1. The van der Waals surface area contributed by atoms with Gasteiger partial charge in [-0.25, -0.2) is 0 Å². The fraction of sp³-hybridized carbons (Fsp3) is 0.750. The summed E-state index contributed by atoms with van der Waals surface area (Å²) in [5.74, 6) is 0.710. The van der Waals surface area contributed by atoms with Gasteiger partial charge in [0.1, 0.15) is 0 Å². The molecule has 0 bridgehead atoms. The summed E-state index contributed by atoms with van der Waals surface area (Å²) in [5, 5.41) is 5.60. The molecule has 1 aromatic heterocycles. The van der Waals surface area contributed by atoms with E-state index in [2.05, 4.69) is 50.8 Å². The van der Waals surface area contributed by atoms with Crippen LogP contribution in [0.3, 0.4) is 0 Å². The van der Waals surface area contributed by atoms with E-state index in [1.165, 1.54) is 28.7 Å². The molecule has 1 heterocycles. The third kappa shape index (κ3) is 3.33. The third-order valence-electron chi connectivity index (χ3n) is 2.90. The summed E-state index contributed by atoms with van der Waals surface area (Å²) in [4.78, 5) is 0. The van der Waals surface area contributed by atoms with Crippen LogP contribution in [0.4, 0.5) is 0 Å². The first-order valence-corrected chi connectivity index (χ1v) is 7.81. The highest BCUT2D eigenvalue weighted by molar-refractivity contribution is 9.10. The molecule has 0 aliphatic carbocycles. The SMILES string of the molecule is CCCC(CBr)Cc1c(Br)c(CC)nn1C. The maximum atomic E-state index is 4.53. The van der Waals surface area contributed by atoms with E-state index in [0.717, 1.165) is 18.2 Å². The van der Waals surface area contributed by atoms with Crippen LogP contribution in [0.25, 0.3) is 0 Å². The molecular formula is C12H20Br2N2. The lowest BCUT2D eigenvalue weighted by Gasteiger charge is -2.13. The summed E-state index contributed by atoms with van der Waals surface area (Å²) in [6.45, 7) is 4.39. The smallest absolute Gasteiger partial charge is 0.0766 e. The van der Waals surface area contributed by atoms with Crippen LogP contribution in [0.15, 0.2) is 4.47 Å². The molecule has 0 aliphatic rings. The summed E-state index contributed by atoms with van der Waals surface area (Å²) in [5.41, 5.74) is 2.50. The van der Waals surface area contributed by atoms with Crippen molar-refractivity contribution >= 4 is 31.9 Å². The number of hydrogen-bond donors (Lipinski definition) is 0. The Bertz CT molecular complexity index is 334. The number of halogens is 2. The highest BCUT2D eigenvalue weighted by Gasteiger charge is 2.16. The monoisotopic (exact) mass is 350 g/mol. The largest absolute Gasteiger partial charge is 0.271 e. The molecule has 0 radical (unpaired) electrons. The lowest BCUT2D eigenvalue weighted by molar-refractivity contribution is 0.512. The van der Waals surface area contributed by atoms with Gasteiger partial charge in [-0.1, -0.05) is 36.2 Å². The number of aromatic nitrogens is 2. The number of rotatable bonds is 6. The van der Waals surface area contributed by atoms with E-state index in [-0.39, 0.29) is 0 Å². The van der Waals surface area contributed by atoms with Crippen LogP contribution in [0.5, 0.6) is 0 Å². The van der Waals surface area contributed by atoms with Gasteiger partial charge in [-0.2, -0.15) is 5.10 Å². The quantitative estimate of drug-likeness (QED) is 0.705. The summed E-state index contributed by atoms with van der Waals surface area (Å²) in [6.07, 6.45) is 4.60. The first kappa shape index (κ1) is 14.2. The minimum absolute atomic E-state index is 0.710. The molecule has 0 spiro atoms. The Labute approximate surface area is 115 Å². The minimum Gasteiger partial charge on any atom is -0.271 e. The van der Waals surface area contributed by atoms with E-state index in [9.17, 15) is 0 Å². The Morgan fingerprint density at radius 2 is 2.06 bits per heavy atom. The summed E-state index contributed by atoms with van der Waals surface area (Å²) >= 11 is 7.27. The molecule has 1 rings (SSSR count). The van der Waals surface area contributed by atoms with Gasteiger partial charge >= 0.3 is 0 Å². The Morgan fingerprint density at radius 3 is 2.50 bits per heavy atom. The van der Waals surface area contributed by atoms with Crippen LogP contribution >= 0.6 is 31.9 Å². The average Bonchev–Trinajstić information content (AvgIpc) is 2.55. The van der Waals surface area contributed by atoms with E-state index >= 15 is 0 Å².